The van der Waals surface area contributed by atoms with Gasteiger partial charge in [-0.2, -0.15) is 0 Å². The summed E-state index contributed by atoms with van der Waals surface area (Å²) in [5.74, 6) is 1.10. The van der Waals surface area contributed by atoms with E-state index >= 15 is 0 Å². The fraction of sp³-hybridized carbons (Fsp3) is 0.500. The number of aliphatic imine (C=N–C) groups is 1. The lowest BCUT2D eigenvalue weighted by molar-refractivity contribution is -0.116. The topological polar surface area (TPSA) is 65.5 Å². The molecule has 0 aromatic heterocycles. The van der Waals surface area contributed by atoms with E-state index in [1.54, 1.807) is 0 Å². The molecule has 1 aliphatic carbocycles. The molecule has 1 fully saturated rings. The van der Waals surface area contributed by atoms with Gasteiger partial charge < -0.3 is 16.0 Å². The number of amides is 1. The van der Waals surface area contributed by atoms with Gasteiger partial charge in [0, 0.05) is 30.6 Å². The van der Waals surface area contributed by atoms with Crippen LogP contribution in [0.2, 0.25) is 0 Å². The molecule has 1 aromatic carbocycles. The minimum absolute atomic E-state index is 0. The summed E-state index contributed by atoms with van der Waals surface area (Å²) >= 11 is 0. The number of fused-ring (bicyclic) bond motifs is 1. The summed E-state index contributed by atoms with van der Waals surface area (Å²) < 4.78 is 0. The molecular weight excluding hydrogens is 391 g/mol. The van der Waals surface area contributed by atoms with Crippen molar-refractivity contribution in [1.29, 1.82) is 0 Å². The third-order valence-corrected chi connectivity index (χ3v) is 3.84. The summed E-state index contributed by atoms with van der Waals surface area (Å²) in [6.45, 7) is 3.54. The van der Waals surface area contributed by atoms with Gasteiger partial charge in [-0.15, -0.1) is 24.0 Å². The third-order valence-electron chi connectivity index (χ3n) is 3.84. The lowest BCUT2D eigenvalue weighted by atomic mass is 9.91. The van der Waals surface area contributed by atoms with Crippen LogP contribution < -0.4 is 16.0 Å². The molecule has 1 aliphatic heterocycles. The molecule has 1 atom stereocenters. The van der Waals surface area contributed by atoms with Gasteiger partial charge in [-0.3, -0.25) is 9.79 Å². The summed E-state index contributed by atoms with van der Waals surface area (Å²) in [6.07, 6.45) is 2.95. The van der Waals surface area contributed by atoms with E-state index in [1.807, 2.05) is 18.2 Å². The van der Waals surface area contributed by atoms with Gasteiger partial charge in [-0.1, -0.05) is 18.2 Å². The third kappa shape index (κ3) is 4.34. The molecule has 1 unspecified atom stereocenters. The Labute approximate surface area is 148 Å². The monoisotopic (exact) mass is 414 g/mol. The Kier molecular flexibility index (Phi) is 6.05. The highest BCUT2D eigenvalue weighted by molar-refractivity contribution is 14.0. The van der Waals surface area contributed by atoms with E-state index in [9.17, 15) is 4.79 Å². The zero-order valence-corrected chi connectivity index (χ0v) is 15.1. The molecule has 120 valence electrons. The maximum Gasteiger partial charge on any atom is 0.225 e. The van der Waals surface area contributed by atoms with Crippen LogP contribution in [0.1, 0.15) is 37.7 Å². The number of rotatable bonds is 4. The van der Waals surface area contributed by atoms with Crippen LogP contribution in [0.5, 0.6) is 0 Å². The lowest BCUT2D eigenvalue weighted by Crippen LogP contribution is -2.39. The molecule has 0 saturated heterocycles. The van der Waals surface area contributed by atoms with Crippen molar-refractivity contribution in [2.45, 2.75) is 38.1 Å². The van der Waals surface area contributed by atoms with Crippen LogP contribution in [0.25, 0.3) is 0 Å². The van der Waals surface area contributed by atoms with Crippen molar-refractivity contribution >= 4 is 41.5 Å². The normalized spacial score (nSPS) is 20.5. The predicted octanol–water partition coefficient (Wildman–Crippen LogP) is 2.45. The Balaban J connectivity index is 0.00000176. The number of carbonyl (C=O) groups is 1. The van der Waals surface area contributed by atoms with Crippen LogP contribution >= 0.6 is 24.0 Å². The molecule has 1 aromatic rings. The first-order valence-electron chi connectivity index (χ1n) is 7.70. The van der Waals surface area contributed by atoms with Gasteiger partial charge in [0.1, 0.15) is 0 Å². The Morgan fingerprint density at radius 3 is 2.86 bits per heavy atom. The van der Waals surface area contributed by atoms with E-state index in [0.717, 1.165) is 18.2 Å². The van der Waals surface area contributed by atoms with Crippen LogP contribution in [0.4, 0.5) is 5.69 Å². The largest absolute Gasteiger partial charge is 0.357 e. The van der Waals surface area contributed by atoms with Gasteiger partial charge in [-0.05, 0) is 31.4 Å². The maximum absolute atomic E-state index is 11.8. The van der Waals surface area contributed by atoms with Gasteiger partial charge in [-0.25, -0.2) is 0 Å². The number of carbonyl (C=O) groups excluding carboxylic acids is 1. The number of benzene rings is 1. The fourth-order valence-corrected chi connectivity index (χ4v) is 2.61. The number of nitrogens with zero attached hydrogens (tertiary/aromatic N) is 1. The number of nitrogens with one attached hydrogen (secondary N) is 3. The number of para-hydroxylation sites is 1. The second kappa shape index (κ2) is 7.80. The van der Waals surface area contributed by atoms with Crippen molar-refractivity contribution in [3.8, 4) is 0 Å². The van der Waals surface area contributed by atoms with Gasteiger partial charge in [0.15, 0.2) is 5.96 Å². The summed E-state index contributed by atoms with van der Waals surface area (Å²) in [7, 11) is 0. The molecule has 2 aliphatic rings. The van der Waals surface area contributed by atoms with E-state index in [0.29, 0.717) is 19.0 Å². The highest BCUT2D eigenvalue weighted by Gasteiger charge is 2.25. The summed E-state index contributed by atoms with van der Waals surface area (Å²) in [5.41, 5.74) is 2.11. The van der Waals surface area contributed by atoms with Gasteiger partial charge in [0.25, 0.3) is 0 Å². The molecule has 22 heavy (non-hydrogen) atoms. The number of halogens is 1. The molecule has 5 nitrogen and oxygen atoms in total. The standard InChI is InChI=1S/C16H22N4O.HI/c1-2-17-16(19-12-7-8-12)18-10-11-9-15(21)20-14-6-4-3-5-13(11)14;/h3-6,11-12H,2,7-10H2,1H3,(H,20,21)(H2,17,18,19);1H. The zero-order chi connectivity index (χ0) is 14.7. The lowest BCUT2D eigenvalue weighted by Gasteiger charge is -2.24. The number of guanidine groups is 1. The molecule has 1 heterocycles. The van der Waals surface area contributed by atoms with Crippen molar-refractivity contribution in [2.24, 2.45) is 4.99 Å². The number of hydrogen-bond acceptors (Lipinski definition) is 2. The molecule has 0 spiro atoms. The molecule has 1 amide bonds. The smallest absolute Gasteiger partial charge is 0.225 e. The van der Waals surface area contributed by atoms with Crippen molar-refractivity contribution in [2.75, 3.05) is 18.4 Å². The molecule has 3 rings (SSSR count). The molecular formula is C16H23IN4O. The maximum atomic E-state index is 11.8. The molecule has 6 heteroatoms. The van der Waals surface area contributed by atoms with Crippen LogP contribution in [-0.2, 0) is 4.79 Å². The van der Waals surface area contributed by atoms with Crippen molar-refractivity contribution in [1.82, 2.24) is 10.6 Å². The fourth-order valence-electron chi connectivity index (χ4n) is 2.61. The Morgan fingerprint density at radius 1 is 1.36 bits per heavy atom. The van der Waals surface area contributed by atoms with Crippen LogP contribution in [0, 0.1) is 0 Å². The SMILES string of the molecule is CCNC(=NCC1CC(=O)Nc2ccccc21)NC1CC1.I. The van der Waals surface area contributed by atoms with Crippen molar-refractivity contribution in [3.05, 3.63) is 29.8 Å². The molecule has 1 saturated carbocycles. The quantitative estimate of drug-likeness (QED) is 0.403. The van der Waals surface area contributed by atoms with Gasteiger partial charge in [0.2, 0.25) is 5.91 Å². The minimum atomic E-state index is 0. The molecule has 0 bridgehead atoms. The first-order chi connectivity index (χ1) is 10.3. The second-order valence-electron chi connectivity index (χ2n) is 5.67. The minimum Gasteiger partial charge on any atom is -0.357 e. The van der Waals surface area contributed by atoms with Crippen molar-refractivity contribution in [3.63, 3.8) is 0 Å². The van der Waals surface area contributed by atoms with Crippen LogP contribution in [-0.4, -0.2) is 31.0 Å². The van der Waals surface area contributed by atoms with E-state index in [4.69, 9.17) is 0 Å². The number of anilines is 1. The predicted molar refractivity (Wildman–Crippen MR) is 100.0 cm³/mol. The first kappa shape index (κ1) is 17.1. The highest BCUT2D eigenvalue weighted by atomic mass is 127. The van der Waals surface area contributed by atoms with Gasteiger partial charge >= 0.3 is 0 Å². The first-order valence-corrected chi connectivity index (χ1v) is 7.70. The van der Waals surface area contributed by atoms with Crippen LogP contribution in [0.15, 0.2) is 29.3 Å². The molecule has 0 radical (unpaired) electrons. The highest BCUT2D eigenvalue weighted by Crippen LogP contribution is 2.32. The number of hydrogen-bond donors (Lipinski definition) is 3. The summed E-state index contributed by atoms with van der Waals surface area (Å²) in [5, 5.41) is 9.60. The summed E-state index contributed by atoms with van der Waals surface area (Å²) in [6, 6.07) is 8.57. The Bertz CT molecular complexity index is 557. The Hall–Kier alpha value is -1.31. The zero-order valence-electron chi connectivity index (χ0n) is 12.8. The Morgan fingerprint density at radius 2 is 2.14 bits per heavy atom. The second-order valence-corrected chi connectivity index (χ2v) is 5.67. The molecule has 3 N–H and O–H groups in total. The van der Waals surface area contributed by atoms with E-state index < -0.39 is 0 Å². The van der Waals surface area contributed by atoms with E-state index in [2.05, 4.69) is 33.9 Å². The average Bonchev–Trinajstić information content (AvgIpc) is 3.28. The summed E-state index contributed by atoms with van der Waals surface area (Å²) in [4.78, 5) is 16.5. The van der Waals surface area contributed by atoms with Crippen LogP contribution in [0.3, 0.4) is 0 Å². The van der Waals surface area contributed by atoms with Gasteiger partial charge in [0.05, 0.1) is 6.54 Å². The average molecular weight is 414 g/mol. The van der Waals surface area contributed by atoms with Crippen molar-refractivity contribution < 1.29 is 4.79 Å². The van der Waals surface area contributed by atoms with E-state index in [1.165, 1.54) is 18.4 Å². The van der Waals surface area contributed by atoms with E-state index in [-0.39, 0.29) is 35.8 Å².